The Morgan fingerprint density at radius 2 is 0.468 bits per heavy atom. The molecular formula is C105H94F15N3S3. The second-order valence-electron chi connectivity index (χ2n) is 31.7. The molecule has 126 heavy (non-hydrogen) atoms. The smallest absolute Gasteiger partial charge is 0.305 e. The molecule has 0 saturated heterocycles. The number of alkyl halides is 15. The number of hydrogen-bond donors (Lipinski definition) is 3. The van der Waals surface area contributed by atoms with E-state index >= 15 is 0 Å². The third-order valence-corrected chi connectivity index (χ3v) is 22.6. The minimum atomic E-state index is -5.07. The van der Waals surface area contributed by atoms with Crippen molar-refractivity contribution in [1.29, 1.82) is 0 Å². The van der Waals surface area contributed by atoms with Crippen molar-refractivity contribution in [1.82, 2.24) is 16.0 Å². The zero-order valence-electron chi connectivity index (χ0n) is 69.4. The van der Waals surface area contributed by atoms with Gasteiger partial charge in [-0.3, -0.25) is 5.32 Å². The molecule has 3 N–H and O–H groups in total. The van der Waals surface area contributed by atoms with Gasteiger partial charge in [0.25, 0.3) is 0 Å². The molecule has 6 atom stereocenters. The molecule has 0 saturated carbocycles. The number of rotatable bonds is 31. The van der Waals surface area contributed by atoms with E-state index < -0.39 is 83.6 Å². The van der Waals surface area contributed by atoms with Gasteiger partial charge in [0.1, 0.15) is 0 Å². The Morgan fingerprint density at radius 3 is 0.762 bits per heavy atom. The molecule has 0 aliphatic carbocycles. The predicted molar refractivity (Wildman–Crippen MR) is 486 cm³/mol. The third kappa shape index (κ3) is 28.5. The van der Waals surface area contributed by atoms with Crippen molar-refractivity contribution in [3.63, 3.8) is 0 Å². The minimum absolute atomic E-state index is 0.00660. The Morgan fingerprint density at radius 1 is 0.238 bits per heavy atom. The van der Waals surface area contributed by atoms with Crippen molar-refractivity contribution in [2.24, 2.45) is 0 Å². The first-order chi connectivity index (χ1) is 60.0. The van der Waals surface area contributed by atoms with Crippen molar-refractivity contribution in [3.05, 3.63) is 462 Å². The molecule has 0 aliphatic heterocycles. The number of hydrogen-bond acceptors (Lipinski definition) is 6. The Balaban J connectivity index is 0.000000185. The van der Waals surface area contributed by atoms with E-state index in [0.717, 1.165) is 69.1 Å². The Kier molecular flexibility index (Phi) is 33.3. The number of thiocarbonyl (C=S) groups is 3. The largest absolute Gasteiger partial charge is 0.416 e. The molecule has 0 spiro atoms. The minimum Gasteiger partial charge on any atom is -0.305 e. The zero-order valence-corrected chi connectivity index (χ0v) is 71.9. The molecule has 0 radical (unpaired) electrons. The van der Waals surface area contributed by atoms with Gasteiger partial charge < -0.3 is 10.6 Å². The third-order valence-electron chi connectivity index (χ3n) is 21.7. The van der Waals surface area contributed by atoms with Crippen molar-refractivity contribution in [2.75, 3.05) is 0 Å². The monoisotopic (exact) mass is 1780 g/mol. The Labute approximate surface area is 742 Å². The van der Waals surface area contributed by atoms with E-state index in [2.05, 4.69) is 214 Å². The van der Waals surface area contributed by atoms with Crippen LogP contribution in [0.4, 0.5) is 65.9 Å². The highest BCUT2D eigenvalue weighted by molar-refractivity contribution is 7.80. The highest BCUT2D eigenvalue weighted by Crippen LogP contribution is 2.44. The van der Waals surface area contributed by atoms with Crippen molar-refractivity contribution >= 4 is 51.2 Å². The number of nitrogens with one attached hydrogen (secondary N) is 3. The quantitative estimate of drug-likeness (QED) is 0.0297. The first kappa shape index (κ1) is 95.6. The molecule has 3 unspecified atom stereocenters. The summed E-state index contributed by atoms with van der Waals surface area (Å²) in [6.45, 7) is 9.01. The van der Waals surface area contributed by atoms with Crippen LogP contribution in [0.25, 0.3) is 0 Å². The molecule has 0 bridgehead atoms. The lowest BCUT2D eigenvalue weighted by Crippen LogP contribution is -2.32. The standard InChI is InChI=1S/C37H32F3NS.C34H25F12NS.C34H37NS/c38-37(39,40)32-23-21-27(22-24-32)25-33(42)26-34(28-13-5-1-6-14-28)36(31-19-11-4-12-20-31)41-35(29-15-7-2-8-16-29)30-17-9-3-10-18-30;35-31(36,37)24-11-20(12-25(16-24)32(38,39)40)15-28(48)18-29(22-7-3-1-4-8-22)30(23-9-5-2-6-10-23)47-19-21-13-26(33(41,42)43)17-27(14-21)34(44,45)46;1-24-15-25(2)18-28(17-24)21-32(36)22-33(30-11-7-5-8-12-30)34(31-13-9-6-10-14-31)35-23-29-19-26(3)16-27(4)20-29/h1-24,34-36,41H,25-26H2;1-14,16-17,29-30,47H,15,18-19H2;5-20,33-35H,21-23H2,1-4H3/t34?,36-;29?,30-;33?,34-/m111/s1. The molecule has 0 fully saturated rings. The van der Waals surface area contributed by atoms with Gasteiger partial charge in [0, 0.05) is 68.2 Å². The summed E-state index contributed by atoms with van der Waals surface area (Å²) in [4.78, 5) is 1.96. The molecule has 0 amide bonds. The van der Waals surface area contributed by atoms with Gasteiger partial charge in [-0.25, -0.2) is 0 Å². The number of benzene rings is 13. The molecule has 21 heteroatoms. The second-order valence-corrected chi connectivity index (χ2v) is 33.4. The summed E-state index contributed by atoms with van der Waals surface area (Å²) >= 11 is 17.5. The summed E-state index contributed by atoms with van der Waals surface area (Å²) in [6, 6.07) is 100. The molecule has 13 rings (SSSR count). The molecular weight excluding hydrogens is 1680 g/mol. The fourth-order valence-electron chi connectivity index (χ4n) is 16.1. The summed E-state index contributed by atoms with van der Waals surface area (Å²) in [5, 5.41) is 11.0. The van der Waals surface area contributed by atoms with Crippen LogP contribution in [-0.4, -0.2) is 14.6 Å². The van der Waals surface area contributed by atoms with E-state index in [4.69, 9.17) is 36.7 Å². The van der Waals surface area contributed by atoms with Crippen LogP contribution < -0.4 is 16.0 Å². The topological polar surface area (TPSA) is 36.1 Å². The summed E-state index contributed by atoms with van der Waals surface area (Å²) in [5.74, 6) is -0.495. The number of halogens is 15. The van der Waals surface area contributed by atoms with Gasteiger partial charge in [0.15, 0.2) is 0 Å². The number of aryl methyl sites for hydroxylation is 4. The van der Waals surface area contributed by atoms with Crippen LogP contribution in [0.2, 0.25) is 0 Å². The van der Waals surface area contributed by atoms with Crippen LogP contribution in [0.5, 0.6) is 0 Å². The van der Waals surface area contributed by atoms with Crippen LogP contribution in [0, 0.1) is 27.7 Å². The lowest BCUT2D eigenvalue weighted by atomic mass is 9.81. The van der Waals surface area contributed by atoms with E-state index in [9.17, 15) is 65.9 Å². The van der Waals surface area contributed by atoms with Gasteiger partial charge in [-0.05, 0) is 182 Å². The van der Waals surface area contributed by atoms with Gasteiger partial charge in [0.2, 0.25) is 0 Å². The molecule has 652 valence electrons. The van der Waals surface area contributed by atoms with E-state index in [1.807, 2.05) is 48.5 Å². The fourth-order valence-corrected chi connectivity index (χ4v) is 17.2. The maximum Gasteiger partial charge on any atom is 0.416 e. The van der Waals surface area contributed by atoms with E-state index in [1.165, 1.54) is 56.6 Å². The maximum atomic E-state index is 13.5. The van der Waals surface area contributed by atoms with Crippen LogP contribution in [0.3, 0.4) is 0 Å². The summed E-state index contributed by atoms with van der Waals surface area (Å²) in [7, 11) is 0. The lowest BCUT2D eigenvalue weighted by Gasteiger charge is -2.34. The molecule has 3 nitrogen and oxygen atoms in total. The van der Waals surface area contributed by atoms with Gasteiger partial charge >= 0.3 is 30.9 Å². The average Bonchev–Trinajstić information content (AvgIpc) is 0.835. The van der Waals surface area contributed by atoms with Crippen LogP contribution in [-0.2, 0) is 63.2 Å². The van der Waals surface area contributed by atoms with Crippen molar-refractivity contribution < 1.29 is 65.9 Å². The highest BCUT2D eigenvalue weighted by Gasteiger charge is 2.40. The normalized spacial score (nSPS) is 13.4. The average molecular weight is 1780 g/mol. The SMILES string of the molecule is Cc1cc(C)cc(CN[C@H](c2ccccc2)C(CC(=S)Cc2cc(C)cc(C)c2)c2ccccc2)c1.FC(F)(F)c1cc(CN[C@H](c2ccccc2)C(CC(=S)Cc2cc(C(F)(F)F)cc(C(F)(F)F)c2)c2ccccc2)cc(C(F)(F)F)c1.FC(F)(F)c1ccc(CC(=S)CC(c2ccccc2)[C@H](NC(c2ccccc2)c2ccccc2)c2ccccc2)cc1. The van der Waals surface area contributed by atoms with Crippen LogP contribution in [0.1, 0.15) is 184 Å². The van der Waals surface area contributed by atoms with E-state index in [0.29, 0.717) is 48.2 Å². The fraction of sp³-hybridized carbons (Fsp3) is 0.229. The van der Waals surface area contributed by atoms with Gasteiger partial charge in [-0.1, -0.05) is 350 Å². The van der Waals surface area contributed by atoms with Crippen LogP contribution in [0.15, 0.2) is 340 Å². The molecule has 13 aromatic rings. The van der Waals surface area contributed by atoms with Crippen LogP contribution >= 0.6 is 36.7 Å². The first-order valence-electron chi connectivity index (χ1n) is 41.0. The zero-order chi connectivity index (χ0) is 90.4. The van der Waals surface area contributed by atoms with Crippen molar-refractivity contribution in [2.45, 2.75) is 152 Å². The summed E-state index contributed by atoms with van der Waals surface area (Å²) in [5.41, 5.74) is 9.66. The van der Waals surface area contributed by atoms with E-state index in [1.54, 1.807) is 60.7 Å². The van der Waals surface area contributed by atoms with Crippen molar-refractivity contribution in [3.8, 4) is 0 Å². The predicted octanol–water partition coefficient (Wildman–Crippen LogP) is 29.8. The molecule has 0 heterocycles. The van der Waals surface area contributed by atoms with E-state index in [-0.39, 0.29) is 64.5 Å². The van der Waals surface area contributed by atoms with Gasteiger partial charge in [-0.15, -0.1) is 0 Å². The maximum absolute atomic E-state index is 13.5. The van der Waals surface area contributed by atoms with Gasteiger partial charge in [-0.2, -0.15) is 65.9 Å². The molecule has 13 aromatic carbocycles. The molecule has 0 aliphatic rings. The Bertz CT molecular complexity index is 5500. The summed E-state index contributed by atoms with van der Waals surface area (Å²) in [6.07, 6.45) is -22.5. The highest BCUT2D eigenvalue weighted by atomic mass is 32.1. The lowest BCUT2D eigenvalue weighted by molar-refractivity contribution is -0.144. The van der Waals surface area contributed by atoms with Gasteiger partial charge in [0.05, 0.1) is 33.9 Å². The summed E-state index contributed by atoms with van der Waals surface area (Å²) < 4.78 is 201. The Hall–Kier alpha value is -11.0. The molecule has 0 aromatic heterocycles. The second kappa shape index (κ2) is 43.9. The first-order valence-corrected chi connectivity index (χ1v) is 42.2.